The number of amides is 1. The Morgan fingerprint density at radius 3 is 2.59 bits per heavy atom. The zero-order valence-electron chi connectivity index (χ0n) is 18.3. The number of halogens is 1. The topological polar surface area (TPSA) is 86.5 Å². The van der Waals surface area contributed by atoms with E-state index < -0.39 is 0 Å². The molecule has 1 heterocycles. The Labute approximate surface area is 192 Å². The van der Waals surface area contributed by atoms with Crippen LogP contribution in [-0.2, 0) is 6.61 Å². The minimum Gasteiger partial charge on any atom is -0.493 e. The van der Waals surface area contributed by atoms with Crippen LogP contribution in [-0.4, -0.2) is 23.2 Å². The van der Waals surface area contributed by atoms with Crippen molar-refractivity contribution in [2.24, 2.45) is 5.92 Å². The fourth-order valence-electron chi connectivity index (χ4n) is 3.29. The molecule has 1 aromatic heterocycles. The molecule has 8 heteroatoms. The lowest BCUT2D eigenvalue weighted by atomic mass is 10.0. The van der Waals surface area contributed by atoms with Crippen LogP contribution in [0.25, 0.3) is 0 Å². The van der Waals surface area contributed by atoms with E-state index >= 15 is 0 Å². The van der Waals surface area contributed by atoms with E-state index in [0.717, 1.165) is 24.2 Å². The Hall–Kier alpha value is -3.06. The summed E-state index contributed by atoms with van der Waals surface area (Å²) in [6.45, 7) is 4.36. The minimum absolute atomic E-state index is 0.0790. The Kier molecular flexibility index (Phi) is 6.65. The van der Waals surface area contributed by atoms with E-state index in [1.165, 1.54) is 0 Å². The molecule has 1 amide bonds. The average molecular weight is 456 g/mol. The van der Waals surface area contributed by atoms with Crippen LogP contribution in [0.2, 0.25) is 5.02 Å². The number of carbonyl (C=O) groups is 1. The van der Waals surface area contributed by atoms with Crippen LogP contribution in [0.1, 0.15) is 66.3 Å². The molecule has 32 heavy (non-hydrogen) atoms. The van der Waals surface area contributed by atoms with Crippen molar-refractivity contribution in [1.82, 2.24) is 15.5 Å². The third-order valence-electron chi connectivity index (χ3n) is 5.35. The number of ether oxygens (including phenoxy) is 2. The molecule has 1 aliphatic rings. The molecule has 1 fully saturated rings. The van der Waals surface area contributed by atoms with Gasteiger partial charge in [-0.15, -0.1) is 0 Å². The van der Waals surface area contributed by atoms with Crippen molar-refractivity contribution in [2.45, 2.75) is 45.3 Å². The fourth-order valence-corrected chi connectivity index (χ4v) is 3.41. The summed E-state index contributed by atoms with van der Waals surface area (Å²) >= 11 is 5.92. The molecular weight excluding hydrogens is 430 g/mol. The molecule has 0 saturated heterocycles. The minimum atomic E-state index is -0.380. The highest BCUT2D eigenvalue weighted by Gasteiger charge is 2.31. The van der Waals surface area contributed by atoms with E-state index in [2.05, 4.69) is 15.5 Å². The summed E-state index contributed by atoms with van der Waals surface area (Å²) in [5.41, 5.74) is 1.43. The summed E-state index contributed by atoms with van der Waals surface area (Å²) < 4.78 is 16.8. The number of benzene rings is 2. The second kappa shape index (κ2) is 9.61. The first-order chi connectivity index (χ1) is 15.4. The second-order valence-electron chi connectivity index (χ2n) is 8.24. The van der Waals surface area contributed by atoms with Crippen molar-refractivity contribution in [3.05, 3.63) is 70.3 Å². The van der Waals surface area contributed by atoms with Gasteiger partial charge in [0.2, 0.25) is 5.89 Å². The van der Waals surface area contributed by atoms with Crippen LogP contribution >= 0.6 is 11.6 Å². The summed E-state index contributed by atoms with van der Waals surface area (Å²) in [6.07, 6.45) is 2.17. The fraction of sp³-hybridized carbons (Fsp3) is 0.375. The van der Waals surface area contributed by atoms with Gasteiger partial charge in [-0.25, -0.2) is 0 Å². The molecule has 1 unspecified atom stereocenters. The summed E-state index contributed by atoms with van der Waals surface area (Å²) in [4.78, 5) is 17.5. The van der Waals surface area contributed by atoms with Gasteiger partial charge in [-0.05, 0) is 54.7 Å². The van der Waals surface area contributed by atoms with Crippen molar-refractivity contribution in [2.75, 3.05) is 7.11 Å². The molecule has 2 aromatic carbocycles. The van der Waals surface area contributed by atoms with Gasteiger partial charge in [0.05, 0.1) is 7.11 Å². The van der Waals surface area contributed by atoms with E-state index in [-0.39, 0.29) is 17.9 Å². The molecule has 1 saturated carbocycles. The Morgan fingerprint density at radius 2 is 1.94 bits per heavy atom. The predicted octanol–water partition coefficient (Wildman–Crippen LogP) is 5.32. The van der Waals surface area contributed by atoms with Gasteiger partial charge in [0.25, 0.3) is 5.91 Å². The maximum atomic E-state index is 13.0. The molecule has 0 spiro atoms. The summed E-state index contributed by atoms with van der Waals surface area (Å²) in [5, 5.41) is 7.75. The molecule has 168 valence electrons. The highest BCUT2D eigenvalue weighted by atomic mass is 35.5. The van der Waals surface area contributed by atoms with E-state index in [9.17, 15) is 4.79 Å². The maximum absolute atomic E-state index is 13.0. The van der Waals surface area contributed by atoms with Gasteiger partial charge >= 0.3 is 0 Å². The standard InChI is InChI=1S/C24H26ClN3O4/c1-14(2)21(24-27-22(28-32-24)16-6-7-16)26-23(29)17-8-11-19(20(12-17)30-3)31-13-15-4-9-18(25)10-5-15/h4-5,8-12,14,16,21H,6-7,13H2,1-3H3,(H,26,29). The number of nitrogens with zero attached hydrogens (tertiary/aromatic N) is 2. The van der Waals surface area contributed by atoms with E-state index in [1.807, 2.05) is 38.1 Å². The summed E-state index contributed by atoms with van der Waals surface area (Å²) in [5.74, 6) is 2.40. The van der Waals surface area contributed by atoms with Gasteiger partial charge in [0, 0.05) is 16.5 Å². The molecule has 1 atom stereocenters. The highest BCUT2D eigenvalue weighted by Crippen LogP contribution is 2.38. The lowest BCUT2D eigenvalue weighted by Gasteiger charge is -2.19. The molecule has 0 bridgehead atoms. The van der Waals surface area contributed by atoms with E-state index in [0.29, 0.717) is 40.5 Å². The lowest BCUT2D eigenvalue weighted by Crippen LogP contribution is -2.32. The second-order valence-corrected chi connectivity index (χ2v) is 8.68. The SMILES string of the molecule is COc1cc(C(=O)NC(c2nc(C3CC3)no2)C(C)C)ccc1OCc1ccc(Cl)cc1. The summed E-state index contributed by atoms with van der Waals surface area (Å²) in [6, 6.07) is 12.1. The van der Waals surface area contributed by atoms with Crippen LogP contribution < -0.4 is 14.8 Å². The predicted molar refractivity (Wildman–Crippen MR) is 120 cm³/mol. The van der Waals surface area contributed by atoms with Crippen LogP contribution in [0.4, 0.5) is 0 Å². The number of hydrogen-bond donors (Lipinski definition) is 1. The van der Waals surface area contributed by atoms with Crippen molar-refractivity contribution in [1.29, 1.82) is 0 Å². The van der Waals surface area contributed by atoms with Crippen molar-refractivity contribution in [3.63, 3.8) is 0 Å². The third-order valence-corrected chi connectivity index (χ3v) is 5.60. The smallest absolute Gasteiger partial charge is 0.252 e. The molecule has 4 rings (SSSR count). The van der Waals surface area contributed by atoms with E-state index in [1.54, 1.807) is 25.3 Å². The van der Waals surface area contributed by atoms with Gasteiger partial charge in [0.1, 0.15) is 12.6 Å². The van der Waals surface area contributed by atoms with Crippen molar-refractivity contribution >= 4 is 17.5 Å². The van der Waals surface area contributed by atoms with Gasteiger partial charge in [-0.3, -0.25) is 4.79 Å². The largest absolute Gasteiger partial charge is 0.493 e. The first kappa shape index (κ1) is 22.1. The Bertz CT molecular complexity index is 1080. The van der Waals surface area contributed by atoms with Gasteiger partial charge in [0.15, 0.2) is 17.3 Å². The number of rotatable bonds is 9. The number of nitrogens with one attached hydrogen (secondary N) is 1. The molecule has 0 radical (unpaired) electrons. The van der Waals surface area contributed by atoms with Crippen molar-refractivity contribution < 1.29 is 18.8 Å². The van der Waals surface area contributed by atoms with Crippen molar-refractivity contribution in [3.8, 4) is 11.5 Å². The Balaban J connectivity index is 1.45. The van der Waals surface area contributed by atoms with Crippen LogP contribution in [0.3, 0.4) is 0 Å². The highest BCUT2D eigenvalue weighted by molar-refractivity contribution is 6.30. The quantitative estimate of drug-likeness (QED) is 0.470. The first-order valence-electron chi connectivity index (χ1n) is 10.6. The monoisotopic (exact) mass is 455 g/mol. The lowest BCUT2D eigenvalue weighted by molar-refractivity contribution is 0.0913. The Morgan fingerprint density at radius 1 is 1.19 bits per heavy atom. The van der Waals surface area contributed by atoms with E-state index in [4.69, 9.17) is 25.6 Å². The van der Waals surface area contributed by atoms with Gasteiger partial charge in [-0.2, -0.15) is 4.98 Å². The van der Waals surface area contributed by atoms with Crippen LogP contribution in [0.5, 0.6) is 11.5 Å². The first-order valence-corrected chi connectivity index (χ1v) is 11.0. The maximum Gasteiger partial charge on any atom is 0.252 e. The summed E-state index contributed by atoms with van der Waals surface area (Å²) in [7, 11) is 1.54. The number of methoxy groups -OCH3 is 1. The van der Waals surface area contributed by atoms with Crippen LogP contribution in [0.15, 0.2) is 47.0 Å². The van der Waals surface area contributed by atoms with Crippen LogP contribution in [0, 0.1) is 5.92 Å². The molecule has 1 N–H and O–H groups in total. The molecular formula is C24H26ClN3O4. The molecule has 7 nitrogen and oxygen atoms in total. The zero-order chi connectivity index (χ0) is 22.7. The van der Waals surface area contributed by atoms with Gasteiger partial charge < -0.3 is 19.3 Å². The zero-order valence-corrected chi connectivity index (χ0v) is 19.1. The molecule has 1 aliphatic carbocycles. The van der Waals surface area contributed by atoms with Gasteiger partial charge in [-0.1, -0.05) is 42.7 Å². The third kappa shape index (κ3) is 5.22. The number of aromatic nitrogens is 2. The average Bonchev–Trinajstić information content (AvgIpc) is 3.53. The molecule has 3 aromatic rings. The normalized spacial score (nSPS) is 14.3. The molecule has 0 aliphatic heterocycles. The number of carbonyl (C=O) groups excluding carboxylic acids is 1. The number of hydrogen-bond acceptors (Lipinski definition) is 6.